The summed E-state index contributed by atoms with van der Waals surface area (Å²) in [5.74, 6) is -0.773. The summed E-state index contributed by atoms with van der Waals surface area (Å²) in [6, 6.07) is 10.1. The molecule has 1 rings (SSSR count). The molecule has 1 aromatic rings. The van der Waals surface area contributed by atoms with Crippen molar-refractivity contribution in [2.75, 3.05) is 6.61 Å². The van der Waals surface area contributed by atoms with Crippen molar-refractivity contribution in [1.82, 2.24) is 0 Å². The van der Waals surface area contributed by atoms with Crippen molar-refractivity contribution < 1.29 is 14.6 Å². The first-order chi connectivity index (χ1) is 9.72. The minimum Gasteiger partial charge on any atom is -0.481 e. The van der Waals surface area contributed by atoms with Crippen LogP contribution < -0.4 is 0 Å². The molecular formula is C17H26O3. The maximum absolute atomic E-state index is 10.9. The molecule has 0 aliphatic heterocycles. The molecule has 0 fully saturated rings. The molecule has 20 heavy (non-hydrogen) atoms. The van der Waals surface area contributed by atoms with Crippen LogP contribution in [0.5, 0.6) is 0 Å². The highest BCUT2D eigenvalue weighted by Crippen LogP contribution is 2.12. The summed E-state index contributed by atoms with van der Waals surface area (Å²) < 4.78 is 5.76. The Kier molecular flexibility index (Phi) is 8.72. The molecule has 0 saturated carbocycles. The lowest BCUT2D eigenvalue weighted by Gasteiger charge is -2.16. The molecule has 0 aromatic heterocycles. The Morgan fingerprint density at radius 2 is 1.95 bits per heavy atom. The molecule has 0 aliphatic rings. The Bertz CT molecular complexity index is 362. The van der Waals surface area contributed by atoms with Gasteiger partial charge in [-0.05, 0) is 18.4 Å². The molecule has 1 aromatic carbocycles. The van der Waals surface area contributed by atoms with E-state index < -0.39 is 5.97 Å². The van der Waals surface area contributed by atoms with E-state index in [0.29, 0.717) is 6.61 Å². The average Bonchev–Trinajstić information content (AvgIpc) is 2.44. The molecule has 0 aliphatic carbocycles. The van der Waals surface area contributed by atoms with Crippen LogP contribution in [0.1, 0.15) is 51.0 Å². The van der Waals surface area contributed by atoms with Gasteiger partial charge in [-0.1, -0.05) is 62.9 Å². The number of ether oxygens (including phenoxy) is 1. The van der Waals surface area contributed by atoms with Crippen molar-refractivity contribution in [1.29, 1.82) is 0 Å². The first-order valence-electron chi connectivity index (χ1n) is 7.59. The fourth-order valence-electron chi connectivity index (χ4n) is 2.23. The van der Waals surface area contributed by atoms with Gasteiger partial charge in [0.15, 0.2) is 0 Å². The number of carboxylic acid groups (broad SMARTS) is 1. The summed E-state index contributed by atoms with van der Waals surface area (Å²) in [6.45, 7) is 2.76. The van der Waals surface area contributed by atoms with Crippen LogP contribution in [-0.2, 0) is 16.0 Å². The smallest absolute Gasteiger partial charge is 0.305 e. The average molecular weight is 278 g/mol. The lowest BCUT2D eigenvalue weighted by molar-refractivity contribution is -0.140. The number of rotatable bonds is 11. The maximum Gasteiger partial charge on any atom is 0.305 e. The van der Waals surface area contributed by atoms with E-state index >= 15 is 0 Å². The summed E-state index contributed by atoms with van der Waals surface area (Å²) in [6.07, 6.45) is 6.27. The van der Waals surface area contributed by atoms with Crippen LogP contribution in [0, 0.1) is 0 Å². The molecule has 0 spiro atoms. The van der Waals surface area contributed by atoms with Crippen molar-refractivity contribution in [3.8, 4) is 0 Å². The molecule has 0 heterocycles. The van der Waals surface area contributed by atoms with Gasteiger partial charge >= 0.3 is 5.97 Å². The van der Waals surface area contributed by atoms with Crippen molar-refractivity contribution >= 4 is 5.97 Å². The summed E-state index contributed by atoms with van der Waals surface area (Å²) in [4.78, 5) is 10.9. The predicted octanol–water partition coefficient (Wildman–Crippen LogP) is 4.06. The molecule has 1 unspecified atom stereocenters. The van der Waals surface area contributed by atoms with Gasteiger partial charge in [-0.3, -0.25) is 4.79 Å². The van der Waals surface area contributed by atoms with Crippen LogP contribution in [0.2, 0.25) is 0 Å². The zero-order valence-electron chi connectivity index (χ0n) is 12.4. The molecule has 3 heteroatoms. The van der Waals surface area contributed by atoms with Gasteiger partial charge in [-0.15, -0.1) is 0 Å². The monoisotopic (exact) mass is 278 g/mol. The molecular weight excluding hydrogens is 252 g/mol. The number of unbranched alkanes of at least 4 members (excludes halogenated alkanes) is 3. The molecule has 0 radical (unpaired) electrons. The fourth-order valence-corrected chi connectivity index (χ4v) is 2.23. The summed E-state index contributed by atoms with van der Waals surface area (Å²) in [7, 11) is 0. The van der Waals surface area contributed by atoms with E-state index in [4.69, 9.17) is 9.84 Å². The van der Waals surface area contributed by atoms with Gasteiger partial charge in [0.1, 0.15) is 0 Å². The van der Waals surface area contributed by atoms with Crippen LogP contribution in [0.3, 0.4) is 0 Å². The van der Waals surface area contributed by atoms with Gasteiger partial charge in [0, 0.05) is 0 Å². The van der Waals surface area contributed by atoms with Crippen LogP contribution in [0.25, 0.3) is 0 Å². The number of aliphatic carboxylic acids is 1. The Hall–Kier alpha value is -1.35. The lowest BCUT2D eigenvalue weighted by atomic mass is 10.1. The van der Waals surface area contributed by atoms with Gasteiger partial charge < -0.3 is 9.84 Å². The quantitative estimate of drug-likeness (QED) is 0.621. The molecule has 3 nitrogen and oxygen atoms in total. The third kappa shape index (κ3) is 7.95. The van der Waals surface area contributed by atoms with E-state index in [1.165, 1.54) is 18.4 Å². The van der Waals surface area contributed by atoms with Crippen LogP contribution in [0.4, 0.5) is 0 Å². The second-order valence-corrected chi connectivity index (χ2v) is 5.18. The Morgan fingerprint density at radius 1 is 1.20 bits per heavy atom. The van der Waals surface area contributed by atoms with Crippen LogP contribution >= 0.6 is 0 Å². The largest absolute Gasteiger partial charge is 0.481 e. The van der Waals surface area contributed by atoms with Crippen LogP contribution in [0.15, 0.2) is 30.3 Å². The van der Waals surface area contributed by atoms with Gasteiger partial charge in [0.05, 0.1) is 19.1 Å². The Balaban J connectivity index is 2.26. The molecule has 1 N–H and O–H groups in total. The fraction of sp³-hybridized carbons (Fsp3) is 0.588. The third-order valence-electron chi connectivity index (χ3n) is 3.37. The summed E-state index contributed by atoms with van der Waals surface area (Å²) in [5.41, 5.74) is 1.23. The minimum atomic E-state index is -0.773. The minimum absolute atomic E-state index is 0.112. The van der Waals surface area contributed by atoms with E-state index in [1.54, 1.807) is 0 Å². The normalized spacial score (nSPS) is 12.2. The van der Waals surface area contributed by atoms with Gasteiger partial charge in [-0.25, -0.2) is 0 Å². The second kappa shape index (κ2) is 10.4. The number of benzene rings is 1. The summed E-state index contributed by atoms with van der Waals surface area (Å²) >= 11 is 0. The van der Waals surface area contributed by atoms with Gasteiger partial charge in [0.2, 0.25) is 0 Å². The lowest BCUT2D eigenvalue weighted by Crippen LogP contribution is -2.19. The Labute approximate surface area is 122 Å². The highest BCUT2D eigenvalue weighted by molar-refractivity contribution is 5.67. The number of carboxylic acids is 1. The molecule has 1 atom stereocenters. The Morgan fingerprint density at radius 3 is 2.60 bits per heavy atom. The van der Waals surface area contributed by atoms with Crippen molar-refractivity contribution in [2.24, 2.45) is 0 Å². The number of hydrogen-bond acceptors (Lipinski definition) is 2. The highest BCUT2D eigenvalue weighted by Gasteiger charge is 2.13. The first-order valence-corrected chi connectivity index (χ1v) is 7.59. The molecule has 0 bridgehead atoms. The third-order valence-corrected chi connectivity index (χ3v) is 3.37. The van der Waals surface area contributed by atoms with Gasteiger partial charge in [-0.2, -0.15) is 0 Å². The van der Waals surface area contributed by atoms with Gasteiger partial charge in [0.25, 0.3) is 0 Å². The molecule has 0 saturated heterocycles. The van der Waals surface area contributed by atoms with E-state index in [0.717, 1.165) is 25.7 Å². The van der Waals surface area contributed by atoms with Crippen molar-refractivity contribution in [2.45, 2.75) is 58.0 Å². The van der Waals surface area contributed by atoms with Crippen molar-refractivity contribution in [3.63, 3.8) is 0 Å². The second-order valence-electron chi connectivity index (χ2n) is 5.18. The van der Waals surface area contributed by atoms with E-state index in [1.807, 2.05) is 18.2 Å². The zero-order valence-corrected chi connectivity index (χ0v) is 12.4. The van der Waals surface area contributed by atoms with E-state index in [2.05, 4.69) is 19.1 Å². The maximum atomic E-state index is 10.9. The first kappa shape index (κ1) is 16.7. The predicted molar refractivity (Wildman–Crippen MR) is 80.9 cm³/mol. The zero-order chi connectivity index (χ0) is 14.6. The summed E-state index contributed by atoms with van der Waals surface area (Å²) in [5, 5.41) is 8.92. The van der Waals surface area contributed by atoms with E-state index in [9.17, 15) is 4.79 Å². The SMILES string of the molecule is CCCCCCC(CC(=O)O)OCCc1ccccc1. The molecule has 0 amide bonds. The standard InChI is InChI=1S/C17H26O3/c1-2-3-4-8-11-16(14-17(18)19)20-13-12-15-9-6-5-7-10-15/h5-7,9-10,16H,2-4,8,11-14H2,1H3,(H,18,19). The van der Waals surface area contributed by atoms with Crippen LogP contribution in [-0.4, -0.2) is 23.8 Å². The molecule has 112 valence electrons. The number of carbonyl (C=O) groups is 1. The van der Waals surface area contributed by atoms with Crippen molar-refractivity contribution in [3.05, 3.63) is 35.9 Å². The highest BCUT2D eigenvalue weighted by atomic mass is 16.5. The topological polar surface area (TPSA) is 46.5 Å². The van der Waals surface area contributed by atoms with E-state index in [-0.39, 0.29) is 12.5 Å². The number of hydrogen-bond donors (Lipinski definition) is 1.